The van der Waals surface area contributed by atoms with Gasteiger partial charge in [-0.05, 0) is 37.8 Å². The van der Waals surface area contributed by atoms with Crippen molar-refractivity contribution < 1.29 is 4.79 Å². The first-order valence-corrected chi connectivity index (χ1v) is 8.70. The van der Waals surface area contributed by atoms with E-state index >= 15 is 0 Å². The molecule has 0 spiro atoms. The SMILES string of the molecule is C#CC(CC)(CC)NC(=O)CCCn1cnc2c(C)cccc2c1=O. The third-order valence-electron chi connectivity index (χ3n) is 4.72. The summed E-state index contributed by atoms with van der Waals surface area (Å²) in [5, 5.41) is 3.55. The van der Waals surface area contributed by atoms with Crippen LogP contribution in [0.3, 0.4) is 0 Å². The molecule has 0 fully saturated rings. The van der Waals surface area contributed by atoms with Crippen LogP contribution in [0.4, 0.5) is 0 Å². The molecule has 0 bridgehead atoms. The lowest BCUT2D eigenvalue weighted by Gasteiger charge is -2.27. The molecule has 1 N–H and O–H groups in total. The normalized spacial score (nSPS) is 11.3. The van der Waals surface area contributed by atoms with Crippen molar-refractivity contribution in [2.45, 2.75) is 58.5 Å². The maximum Gasteiger partial charge on any atom is 0.261 e. The zero-order valence-corrected chi connectivity index (χ0v) is 15.1. The molecule has 0 saturated carbocycles. The third kappa shape index (κ3) is 4.08. The van der Waals surface area contributed by atoms with Gasteiger partial charge in [-0.3, -0.25) is 14.2 Å². The number of rotatable bonds is 7. The van der Waals surface area contributed by atoms with Crippen molar-refractivity contribution in [1.82, 2.24) is 14.9 Å². The molecular formula is C20H25N3O2. The van der Waals surface area contributed by atoms with E-state index in [1.54, 1.807) is 17.0 Å². The first-order chi connectivity index (χ1) is 12.0. The Balaban J connectivity index is 2.02. The van der Waals surface area contributed by atoms with Crippen LogP contribution < -0.4 is 10.9 Å². The summed E-state index contributed by atoms with van der Waals surface area (Å²) in [6, 6.07) is 5.57. The number of carbonyl (C=O) groups is 1. The van der Waals surface area contributed by atoms with E-state index in [0.29, 0.717) is 37.6 Å². The lowest BCUT2D eigenvalue weighted by Crippen LogP contribution is -2.46. The van der Waals surface area contributed by atoms with Gasteiger partial charge in [0, 0.05) is 13.0 Å². The minimum absolute atomic E-state index is 0.0748. The van der Waals surface area contributed by atoms with E-state index in [2.05, 4.69) is 16.2 Å². The predicted molar refractivity (Wildman–Crippen MR) is 100 cm³/mol. The number of amides is 1. The lowest BCUT2D eigenvalue weighted by atomic mass is 9.93. The molecule has 5 heteroatoms. The minimum atomic E-state index is -0.573. The smallest absolute Gasteiger partial charge is 0.261 e. The van der Waals surface area contributed by atoms with E-state index in [4.69, 9.17) is 6.42 Å². The van der Waals surface area contributed by atoms with E-state index in [9.17, 15) is 9.59 Å². The predicted octanol–water partition coefficient (Wildman–Crippen LogP) is 2.79. The van der Waals surface area contributed by atoms with Crippen molar-refractivity contribution in [3.8, 4) is 12.3 Å². The molecule has 1 amide bonds. The number of para-hydroxylation sites is 1. The fourth-order valence-corrected chi connectivity index (χ4v) is 2.90. The van der Waals surface area contributed by atoms with E-state index in [-0.39, 0.29) is 11.5 Å². The van der Waals surface area contributed by atoms with Crippen LogP contribution in [0.2, 0.25) is 0 Å². The van der Waals surface area contributed by atoms with Gasteiger partial charge in [-0.2, -0.15) is 0 Å². The third-order valence-corrected chi connectivity index (χ3v) is 4.72. The van der Waals surface area contributed by atoms with Gasteiger partial charge in [0.25, 0.3) is 5.56 Å². The summed E-state index contributed by atoms with van der Waals surface area (Å²) < 4.78 is 1.56. The van der Waals surface area contributed by atoms with Crippen LogP contribution in [0, 0.1) is 19.3 Å². The Kier molecular flexibility index (Phi) is 5.97. The zero-order chi connectivity index (χ0) is 18.4. The van der Waals surface area contributed by atoms with Crippen molar-refractivity contribution in [1.29, 1.82) is 0 Å². The number of carbonyl (C=O) groups excluding carboxylic acids is 1. The number of hydrogen-bond acceptors (Lipinski definition) is 3. The van der Waals surface area contributed by atoms with Crippen LogP contribution in [0.15, 0.2) is 29.3 Å². The number of hydrogen-bond donors (Lipinski definition) is 1. The average molecular weight is 339 g/mol. The molecule has 2 aromatic rings. The molecule has 0 aliphatic heterocycles. The van der Waals surface area contributed by atoms with Gasteiger partial charge in [0.1, 0.15) is 5.54 Å². The van der Waals surface area contributed by atoms with Gasteiger partial charge >= 0.3 is 0 Å². The number of aryl methyl sites for hydroxylation is 2. The molecular weight excluding hydrogens is 314 g/mol. The Morgan fingerprint density at radius 2 is 2.08 bits per heavy atom. The van der Waals surface area contributed by atoms with Crippen LogP contribution in [0.25, 0.3) is 10.9 Å². The number of benzene rings is 1. The molecule has 0 unspecified atom stereocenters. The number of aromatic nitrogens is 2. The summed E-state index contributed by atoms with van der Waals surface area (Å²) in [6.45, 7) is 6.31. The van der Waals surface area contributed by atoms with Gasteiger partial charge in [0.05, 0.1) is 17.2 Å². The highest BCUT2D eigenvalue weighted by molar-refractivity contribution is 5.80. The Labute approximate surface area is 148 Å². The number of nitrogens with one attached hydrogen (secondary N) is 1. The largest absolute Gasteiger partial charge is 0.340 e. The maximum atomic E-state index is 12.5. The summed E-state index contributed by atoms with van der Waals surface area (Å²) in [4.78, 5) is 29.1. The summed E-state index contributed by atoms with van der Waals surface area (Å²) in [5.41, 5.74) is 1.06. The van der Waals surface area contributed by atoms with Crippen LogP contribution in [-0.4, -0.2) is 21.0 Å². The standard InChI is InChI=1S/C20H25N3O2/c1-5-20(6-2,7-3)22-17(24)12-9-13-23-14-21-18-15(4)10-8-11-16(18)19(23)25/h1,8,10-11,14H,6-7,9,12-13H2,2-4H3,(H,22,24). The van der Waals surface area contributed by atoms with Gasteiger partial charge in [0.15, 0.2) is 0 Å². The molecule has 1 aromatic carbocycles. The molecule has 0 aliphatic rings. The highest BCUT2D eigenvalue weighted by Crippen LogP contribution is 2.14. The van der Waals surface area contributed by atoms with Crippen LogP contribution in [-0.2, 0) is 11.3 Å². The molecule has 132 valence electrons. The zero-order valence-electron chi connectivity index (χ0n) is 15.1. The monoisotopic (exact) mass is 339 g/mol. The number of nitrogens with zero attached hydrogens (tertiary/aromatic N) is 2. The Bertz CT molecular complexity index is 857. The van der Waals surface area contributed by atoms with Crippen molar-refractivity contribution in [2.75, 3.05) is 0 Å². The van der Waals surface area contributed by atoms with Crippen LogP contribution in [0.5, 0.6) is 0 Å². The Hall–Kier alpha value is -2.61. The van der Waals surface area contributed by atoms with Gasteiger partial charge in [-0.25, -0.2) is 4.98 Å². The number of terminal acetylenes is 1. The highest BCUT2D eigenvalue weighted by atomic mass is 16.1. The maximum absolute atomic E-state index is 12.5. The Morgan fingerprint density at radius 1 is 1.36 bits per heavy atom. The van der Waals surface area contributed by atoms with Crippen LogP contribution >= 0.6 is 0 Å². The molecule has 1 heterocycles. The van der Waals surface area contributed by atoms with Crippen LogP contribution in [0.1, 0.15) is 45.1 Å². The fraction of sp³-hybridized carbons (Fsp3) is 0.450. The highest BCUT2D eigenvalue weighted by Gasteiger charge is 2.24. The molecule has 0 aliphatic carbocycles. The van der Waals surface area contributed by atoms with Crippen molar-refractivity contribution in [2.24, 2.45) is 0 Å². The quantitative estimate of drug-likeness (QED) is 0.789. The van der Waals surface area contributed by atoms with Crippen molar-refractivity contribution in [3.63, 3.8) is 0 Å². The average Bonchev–Trinajstić information content (AvgIpc) is 2.62. The molecule has 0 saturated heterocycles. The van der Waals surface area contributed by atoms with E-state index in [0.717, 1.165) is 11.1 Å². The molecule has 25 heavy (non-hydrogen) atoms. The number of fused-ring (bicyclic) bond motifs is 1. The second-order valence-electron chi connectivity index (χ2n) is 6.30. The summed E-state index contributed by atoms with van der Waals surface area (Å²) in [5.74, 6) is 2.61. The fourth-order valence-electron chi connectivity index (χ4n) is 2.90. The van der Waals surface area contributed by atoms with Gasteiger partial charge in [0.2, 0.25) is 5.91 Å². The van der Waals surface area contributed by atoms with E-state index in [1.165, 1.54) is 0 Å². The minimum Gasteiger partial charge on any atom is -0.340 e. The van der Waals surface area contributed by atoms with Gasteiger partial charge in [-0.15, -0.1) is 6.42 Å². The second-order valence-corrected chi connectivity index (χ2v) is 6.30. The molecule has 5 nitrogen and oxygen atoms in total. The second kappa shape index (κ2) is 7.98. The molecule has 0 radical (unpaired) electrons. The lowest BCUT2D eigenvalue weighted by molar-refractivity contribution is -0.122. The summed E-state index contributed by atoms with van der Waals surface area (Å²) >= 11 is 0. The van der Waals surface area contributed by atoms with Gasteiger partial charge in [-0.1, -0.05) is 31.9 Å². The first kappa shape index (κ1) is 18.7. The first-order valence-electron chi connectivity index (χ1n) is 8.70. The molecule has 1 aromatic heterocycles. The molecule has 2 rings (SSSR count). The summed E-state index contributed by atoms with van der Waals surface area (Å²) in [7, 11) is 0. The molecule has 0 atom stereocenters. The van der Waals surface area contributed by atoms with Crippen molar-refractivity contribution >= 4 is 16.8 Å². The summed E-state index contributed by atoms with van der Waals surface area (Å²) in [6.07, 6.45) is 9.38. The van der Waals surface area contributed by atoms with E-state index in [1.807, 2.05) is 32.9 Å². The van der Waals surface area contributed by atoms with Gasteiger partial charge < -0.3 is 5.32 Å². The van der Waals surface area contributed by atoms with Crippen molar-refractivity contribution in [3.05, 3.63) is 40.4 Å². The topological polar surface area (TPSA) is 64.0 Å². The Morgan fingerprint density at radius 3 is 2.72 bits per heavy atom. The van der Waals surface area contributed by atoms with E-state index < -0.39 is 5.54 Å².